The molecular formula is C23H29N3O2. The van der Waals surface area contributed by atoms with Gasteiger partial charge in [0.25, 0.3) is 5.91 Å². The Bertz CT molecular complexity index is 783. The Kier molecular flexibility index (Phi) is 7.06. The molecule has 1 N–H and O–H groups in total. The summed E-state index contributed by atoms with van der Waals surface area (Å²) >= 11 is 0. The standard InChI is InChI=1S/C23H29N3O2/c1-2-26(21-13-6-5-7-14-21)23(28)19-11-10-12-20(17-19)24-18-22(27)25-15-8-3-4-9-16-25/h5-7,10-14,17,24H,2-4,8-9,15-16,18H2,1H3. The molecule has 2 aromatic rings. The number of para-hydroxylation sites is 1. The fourth-order valence-electron chi connectivity index (χ4n) is 3.58. The molecule has 2 amide bonds. The van der Waals surface area contributed by atoms with Crippen molar-refractivity contribution in [3.63, 3.8) is 0 Å². The molecule has 0 spiro atoms. The van der Waals surface area contributed by atoms with E-state index in [0.717, 1.165) is 37.3 Å². The van der Waals surface area contributed by atoms with Crippen LogP contribution in [0.3, 0.4) is 0 Å². The number of likely N-dealkylation sites (tertiary alicyclic amines) is 1. The van der Waals surface area contributed by atoms with E-state index >= 15 is 0 Å². The largest absolute Gasteiger partial charge is 0.376 e. The minimum absolute atomic E-state index is 0.0452. The highest BCUT2D eigenvalue weighted by Crippen LogP contribution is 2.19. The molecular weight excluding hydrogens is 350 g/mol. The lowest BCUT2D eigenvalue weighted by Crippen LogP contribution is -2.36. The first kappa shape index (κ1) is 19.9. The van der Waals surface area contributed by atoms with E-state index in [-0.39, 0.29) is 18.4 Å². The summed E-state index contributed by atoms with van der Waals surface area (Å²) < 4.78 is 0. The number of hydrogen-bond donors (Lipinski definition) is 1. The Balaban J connectivity index is 1.64. The van der Waals surface area contributed by atoms with Crippen LogP contribution in [-0.4, -0.2) is 42.9 Å². The van der Waals surface area contributed by atoms with E-state index in [9.17, 15) is 9.59 Å². The topological polar surface area (TPSA) is 52.7 Å². The number of carbonyl (C=O) groups is 2. The third-order valence-electron chi connectivity index (χ3n) is 5.14. The van der Waals surface area contributed by atoms with Crippen molar-refractivity contribution in [1.82, 2.24) is 4.90 Å². The van der Waals surface area contributed by atoms with E-state index in [1.165, 1.54) is 12.8 Å². The molecule has 1 fully saturated rings. The Morgan fingerprint density at radius 1 is 0.964 bits per heavy atom. The molecule has 5 heteroatoms. The summed E-state index contributed by atoms with van der Waals surface area (Å²) in [6.07, 6.45) is 4.58. The summed E-state index contributed by atoms with van der Waals surface area (Å²) in [4.78, 5) is 29.1. The van der Waals surface area contributed by atoms with Gasteiger partial charge in [-0.25, -0.2) is 0 Å². The summed E-state index contributed by atoms with van der Waals surface area (Å²) in [5.41, 5.74) is 2.28. The second-order valence-electron chi connectivity index (χ2n) is 7.11. The molecule has 0 bridgehead atoms. The van der Waals surface area contributed by atoms with Crippen LogP contribution in [0.25, 0.3) is 0 Å². The van der Waals surface area contributed by atoms with Gasteiger partial charge in [-0.3, -0.25) is 9.59 Å². The van der Waals surface area contributed by atoms with Crippen LogP contribution in [0.4, 0.5) is 11.4 Å². The van der Waals surface area contributed by atoms with Crippen molar-refractivity contribution in [3.8, 4) is 0 Å². The lowest BCUT2D eigenvalue weighted by atomic mass is 10.1. The van der Waals surface area contributed by atoms with Crippen molar-refractivity contribution >= 4 is 23.2 Å². The molecule has 28 heavy (non-hydrogen) atoms. The Morgan fingerprint density at radius 3 is 2.36 bits per heavy atom. The van der Waals surface area contributed by atoms with Crippen LogP contribution in [0.15, 0.2) is 54.6 Å². The highest BCUT2D eigenvalue weighted by atomic mass is 16.2. The minimum atomic E-state index is -0.0452. The quantitative estimate of drug-likeness (QED) is 0.820. The molecule has 0 aromatic heterocycles. The van der Waals surface area contributed by atoms with Gasteiger partial charge in [-0.15, -0.1) is 0 Å². The van der Waals surface area contributed by atoms with E-state index in [1.807, 2.05) is 66.4 Å². The molecule has 148 valence electrons. The lowest BCUT2D eigenvalue weighted by molar-refractivity contribution is -0.129. The summed E-state index contributed by atoms with van der Waals surface area (Å²) in [7, 11) is 0. The van der Waals surface area contributed by atoms with E-state index in [4.69, 9.17) is 0 Å². The van der Waals surface area contributed by atoms with Crippen molar-refractivity contribution in [2.24, 2.45) is 0 Å². The van der Waals surface area contributed by atoms with E-state index in [1.54, 1.807) is 4.90 Å². The molecule has 0 saturated carbocycles. The number of nitrogens with one attached hydrogen (secondary N) is 1. The maximum atomic E-state index is 13.0. The fraction of sp³-hybridized carbons (Fsp3) is 0.391. The number of nitrogens with zero attached hydrogens (tertiary/aromatic N) is 2. The molecule has 0 atom stereocenters. The van der Waals surface area contributed by atoms with Gasteiger partial charge in [0.2, 0.25) is 5.91 Å². The van der Waals surface area contributed by atoms with Crippen LogP contribution in [0, 0.1) is 0 Å². The smallest absolute Gasteiger partial charge is 0.258 e. The van der Waals surface area contributed by atoms with Crippen LogP contribution >= 0.6 is 0 Å². The van der Waals surface area contributed by atoms with Crippen molar-refractivity contribution in [2.45, 2.75) is 32.6 Å². The SMILES string of the molecule is CCN(C(=O)c1cccc(NCC(=O)N2CCCCCC2)c1)c1ccccc1. The van der Waals surface area contributed by atoms with Crippen molar-refractivity contribution in [1.29, 1.82) is 0 Å². The van der Waals surface area contributed by atoms with Gasteiger partial charge in [0.15, 0.2) is 0 Å². The molecule has 1 heterocycles. The van der Waals surface area contributed by atoms with Gasteiger partial charge >= 0.3 is 0 Å². The summed E-state index contributed by atoms with van der Waals surface area (Å²) in [6, 6.07) is 17.0. The molecule has 0 aliphatic carbocycles. The second kappa shape index (κ2) is 9.93. The first-order valence-electron chi connectivity index (χ1n) is 10.2. The van der Waals surface area contributed by atoms with Crippen LogP contribution in [-0.2, 0) is 4.79 Å². The van der Waals surface area contributed by atoms with E-state index in [2.05, 4.69) is 5.32 Å². The number of amides is 2. The van der Waals surface area contributed by atoms with Crippen molar-refractivity contribution in [2.75, 3.05) is 36.4 Å². The Labute approximate surface area is 167 Å². The first-order chi connectivity index (χ1) is 13.7. The van der Waals surface area contributed by atoms with Crippen LogP contribution in [0.2, 0.25) is 0 Å². The normalized spacial score (nSPS) is 14.2. The van der Waals surface area contributed by atoms with Gasteiger partial charge in [-0.2, -0.15) is 0 Å². The minimum Gasteiger partial charge on any atom is -0.376 e. The predicted molar refractivity (Wildman–Crippen MR) is 114 cm³/mol. The molecule has 1 aliphatic rings. The molecule has 3 rings (SSSR count). The van der Waals surface area contributed by atoms with Crippen LogP contribution < -0.4 is 10.2 Å². The Hall–Kier alpha value is -2.82. The first-order valence-corrected chi connectivity index (χ1v) is 10.2. The zero-order valence-electron chi connectivity index (χ0n) is 16.6. The number of hydrogen-bond acceptors (Lipinski definition) is 3. The van der Waals surface area contributed by atoms with Gasteiger partial charge in [0.1, 0.15) is 0 Å². The number of anilines is 2. The zero-order valence-corrected chi connectivity index (χ0v) is 16.6. The van der Waals surface area contributed by atoms with Crippen LogP contribution in [0.5, 0.6) is 0 Å². The lowest BCUT2D eigenvalue weighted by Gasteiger charge is -2.22. The fourth-order valence-corrected chi connectivity index (χ4v) is 3.58. The number of benzene rings is 2. The molecule has 1 aliphatic heterocycles. The monoisotopic (exact) mass is 379 g/mol. The average Bonchev–Trinajstić information content (AvgIpc) is 3.03. The van der Waals surface area contributed by atoms with Crippen LogP contribution in [0.1, 0.15) is 43.0 Å². The van der Waals surface area contributed by atoms with E-state index in [0.29, 0.717) is 12.1 Å². The van der Waals surface area contributed by atoms with Crippen molar-refractivity contribution in [3.05, 3.63) is 60.2 Å². The summed E-state index contributed by atoms with van der Waals surface area (Å²) in [6.45, 7) is 4.51. The highest BCUT2D eigenvalue weighted by molar-refractivity contribution is 6.06. The van der Waals surface area contributed by atoms with Crippen molar-refractivity contribution < 1.29 is 9.59 Å². The molecule has 5 nitrogen and oxygen atoms in total. The maximum absolute atomic E-state index is 13.0. The average molecular weight is 380 g/mol. The number of rotatable bonds is 6. The second-order valence-corrected chi connectivity index (χ2v) is 7.11. The van der Waals surface area contributed by atoms with E-state index < -0.39 is 0 Å². The maximum Gasteiger partial charge on any atom is 0.258 e. The summed E-state index contributed by atoms with van der Waals surface area (Å²) in [5, 5.41) is 3.19. The van der Waals surface area contributed by atoms with Gasteiger partial charge in [-0.1, -0.05) is 37.1 Å². The molecule has 1 saturated heterocycles. The summed E-state index contributed by atoms with van der Waals surface area (Å²) in [5.74, 6) is 0.0781. The van der Waals surface area contributed by atoms with Gasteiger partial charge in [0.05, 0.1) is 6.54 Å². The third-order valence-corrected chi connectivity index (χ3v) is 5.14. The zero-order chi connectivity index (χ0) is 19.8. The highest BCUT2D eigenvalue weighted by Gasteiger charge is 2.17. The number of carbonyl (C=O) groups excluding carboxylic acids is 2. The Morgan fingerprint density at radius 2 is 1.68 bits per heavy atom. The predicted octanol–water partition coefficient (Wildman–Crippen LogP) is 4.17. The third kappa shape index (κ3) is 5.12. The van der Waals surface area contributed by atoms with Gasteiger partial charge in [0, 0.05) is 36.6 Å². The molecule has 2 aromatic carbocycles. The molecule has 0 radical (unpaired) electrons. The van der Waals surface area contributed by atoms with Gasteiger partial charge < -0.3 is 15.1 Å². The molecule has 0 unspecified atom stereocenters. The van der Waals surface area contributed by atoms with Gasteiger partial charge in [-0.05, 0) is 50.1 Å².